The molecule has 0 aromatic carbocycles. The Balaban J connectivity index is 2.01. The molecule has 0 saturated carbocycles. The largest absolute Gasteiger partial charge is 0.396 e. The maximum absolute atomic E-state index is 11.6. The van der Waals surface area contributed by atoms with Crippen molar-refractivity contribution < 1.29 is 9.32 Å². The molecule has 2 aromatic heterocycles. The van der Waals surface area contributed by atoms with E-state index in [4.69, 9.17) is 10.3 Å². The molecule has 0 unspecified atom stereocenters. The van der Waals surface area contributed by atoms with Crippen molar-refractivity contribution in [1.29, 1.82) is 0 Å². The second kappa shape index (κ2) is 4.05. The summed E-state index contributed by atoms with van der Waals surface area (Å²) in [6.07, 6.45) is 3.08. The number of hydrogen-bond donors (Lipinski definition) is 2. The van der Waals surface area contributed by atoms with Crippen molar-refractivity contribution in [2.75, 3.05) is 5.73 Å². The Morgan fingerprint density at radius 2 is 2.50 bits per heavy atom. The van der Waals surface area contributed by atoms with Crippen molar-refractivity contribution >= 4 is 11.6 Å². The van der Waals surface area contributed by atoms with Gasteiger partial charge in [-0.25, -0.2) is 0 Å². The highest BCUT2D eigenvalue weighted by Crippen LogP contribution is 2.07. The lowest BCUT2D eigenvalue weighted by atomic mass is 10.3. The smallest absolute Gasteiger partial charge is 0.274 e. The number of nitrogen functional groups attached to an aromatic ring is 1. The van der Waals surface area contributed by atoms with Gasteiger partial charge in [0, 0.05) is 19.3 Å². The number of carbonyl (C=O) groups excluding carboxylic acids is 1. The SMILES string of the molecule is Cn1cc(N)c(C(=O)NCc2ccno2)n1. The monoisotopic (exact) mass is 221 g/mol. The Bertz CT molecular complexity index is 488. The third-order valence-corrected chi connectivity index (χ3v) is 1.99. The molecule has 0 aliphatic carbocycles. The number of hydrogen-bond acceptors (Lipinski definition) is 5. The Kier molecular flexibility index (Phi) is 2.59. The maximum atomic E-state index is 11.6. The van der Waals surface area contributed by atoms with E-state index in [0.717, 1.165) is 0 Å². The second-order valence-corrected chi connectivity index (χ2v) is 3.27. The Morgan fingerprint density at radius 3 is 3.06 bits per heavy atom. The number of anilines is 1. The van der Waals surface area contributed by atoms with Crippen molar-refractivity contribution in [3.63, 3.8) is 0 Å². The summed E-state index contributed by atoms with van der Waals surface area (Å²) in [5, 5.41) is 10.1. The summed E-state index contributed by atoms with van der Waals surface area (Å²) in [7, 11) is 1.70. The first-order valence-electron chi connectivity index (χ1n) is 4.63. The molecule has 16 heavy (non-hydrogen) atoms. The molecular weight excluding hydrogens is 210 g/mol. The minimum Gasteiger partial charge on any atom is -0.396 e. The van der Waals surface area contributed by atoms with Crippen LogP contribution in [0.1, 0.15) is 16.2 Å². The number of amides is 1. The van der Waals surface area contributed by atoms with Gasteiger partial charge in [0.15, 0.2) is 11.5 Å². The summed E-state index contributed by atoms with van der Waals surface area (Å²) in [5.41, 5.74) is 6.17. The molecule has 1 amide bonds. The maximum Gasteiger partial charge on any atom is 0.274 e. The first-order chi connectivity index (χ1) is 7.66. The standard InChI is InChI=1S/C9H11N5O2/c1-14-5-7(10)8(13-14)9(15)11-4-6-2-3-12-16-6/h2-3,5H,4,10H2,1H3,(H,11,15). The van der Waals surface area contributed by atoms with E-state index in [1.54, 1.807) is 19.3 Å². The predicted molar refractivity (Wildman–Crippen MR) is 55.3 cm³/mol. The molecule has 84 valence electrons. The summed E-state index contributed by atoms with van der Waals surface area (Å²) >= 11 is 0. The molecule has 2 rings (SSSR count). The van der Waals surface area contributed by atoms with Crippen LogP contribution in [0.15, 0.2) is 23.0 Å². The molecule has 7 heteroatoms. The van der Waals surface area contributed by atoms with Crippen LogP contribution in [0.5, 0.6) is 0 Å². The van der Waals surface area contributed by atoms with Crippen molar-refractivity contribution in [1.82, 2.24) is 20.3 Å². The van der Waals surface area contributed by atoms with E-state index in [9.17, 15) is 4.79 Å². The zero-order valence-electron chi connectivity index (χ0n) is 8.67. The number of nitrogens with zero attached hydrogens (tertiary/aromatic N) is 3. The summed E-state index contributed by atoms with van der Waals surface area (Å²) < 4.78 is 6.32. The predicted octanol–water partition coefficient (Wildman–Crippen LogP) is -0.0797. The lowest BCUT2D eigenvalue weighted by Gasteiger charge is -2.00. The van der Waals surface area contributed by atoms with Gasteiger partial charge in [-0.15, -0.1) is 0 Å². The third-order valence-electron chi connectivity index (χ3n) is 1.99. The molecule has 0 aliphatic heterocycles. The van der Waals surface area contributed by atoms with E-state index in [2.05, 4.69) is 15.6 Å². The van der Waals surface area contributed by atoms with Crippen LogP contribution >= 0.6 is 0 Å². The molecule has 2 aromatic rings. The van der Waals surface area contributed by atoms with Gasteiger partial charge in [-0.3, -0.25) is 9.48 Å². The van der Waals surface area contributed by atoms with Crippen LogP contribution in [-0.2, 0) is 13.6 Å². The highest BCUT2D eigenvalue weighted by atomic mass is 16.5. The molecule has 0 saturated heterocycles. The molecule has 0 fully saturated rings. The lowest BCUT2D eigenvalue weighted by Crippen LogP contribution is -2.24. The van der Waals surface area contributed by atoms with Gasteiger partial charge in [-0.2, -0.15) is 5.10 Å². The second-order valence-electron chi connectivity index (χ2n) is 3.27. The minimum atomic E-state index is -0.338. The summed E-state index contributed by atoms with van der Waals surface area (Å²) in [4.78, 5) is 11.6. The summed E-state index contributed by atoms with van der Waals surface area (Å²) in [6.45, 7) is 0.259. The van der Waals surface area contributed by atoms with Crippen LogP contribution in [0, 0.1) is 0 Å². The fourth-order valence-electron chi connectivity index (χ4n) is 1.27. The van der Waals surface area contributed by atoms with Gasteiger partial charge < -0.3 is 15.6 Å². The molecule has 7 nitrogen and oxygen atoms in total. The van der Waals surface area contributed by atoms with Crippen molar-refractivity contribution in [3.8, 4) is 0 Å². The van der Waals surface area contributed by atoms with Crippen molar-refractivity contribution in [3.05, 3.63) is 29.9 Å². The van der Waals surface area contributed by atoms with E-state index < -0.39 is 0 Å². The zero-order chi connectivity index (χ0) is 11.5. The van der Waals surface area contributed by atoms with E-state index >= 15 is 0 Å². The molecule has 2 heterocycles. The highest BCUT2D eigenvalue weighted by Gasteiger charge is 2.13. The fraction of sp³-hybridized carbons (Fsp3) is 0.222. The quantitative estimate of drug-likeness (QED) is 0.755. The van der Waals surface area contributed by atoms with Gasteiger partial charge in [0.1, 0.15) is 0 Å². The average molecular weight is 221 g/mol. The fourth-order valence-corrected chi connectivity index (χ4v) is 1.27. The number of aryl methyl sites for hydroxylation is 1. The summed E-state index contributed by atoms with van der Waals surface area (Å²) in [6, 6.07) is 1.67. The molecule has 0 aliphatic rings. The molecule has 0 spiro atoms. The van der Waals surface area contributed by atoms with Crippen LogP contribution in [-0.4, -0.2) is 20.8 Å². The Labute approximate surface area is 91.2 Å². The molecule has 0 atom stereocenters. The number of carbonyl (C=O) groups is 1. The van der Waals surface area contributed by atoms with Crippen LogP contribution in [0.25, 0.3) is 0 Å². The van der Waals surface area contributed by atoms with Crippen LogP contribution < -0.4 is 11.1 Å². The van der Waals surface area contributed by atoms with Gasteiger partial charge in [0.05, 0.1) is 18.4 Å². The highest BCUT2D eigenvalue weighted by molar-refractivity contribution is 5.96. The minimum absolute atomic E-state index is 0.210. The van der Waals surface area contributed by atoms with E-state index in [-0.39, 0.29) is 18.1 Å². The van der Waals surface area contributed by atoms with Gasteiger partial charge in [0.25, 0.3) is 5.91 Å². The first kappa shape index (κ1) is 10.2. The van der Waals surface area contributed by atoms with E-state index in [1.165, 1.54) is 10.9 Å². The summed E-state index contributed by atoms with van der Waals surface area (Å²) in [5.74, 6) is 0.234. The van der Waals surface area contributed by atoms with Crippen LogP contribution in [0.4, 0.5) is 5.69 Å². The van der Waals surface area contributed by atoms with E-state index in [0.29, 0.717) is 11.4 Å². The number of aromatic nitrogens is 3. The Hall–Kier alpha value is -2.31. The lowest BCUT2D eigenvalue weighted by molar-refractivity contribution is 0.0942. The number of nitrogens with two attached hydrogens (primary N) is 1. The average Bonchev–Trinajstić information content (AvgIpc) is 2.84. The van der Waals surface area contributed by atoms with Crippen molar-refractivity contribution in [2.24, 2.45) is 7.05 Å². The van der Waals surface area contributed by atoms with Crippen LogP contribution in [0.3, 0.4) is 0 Å². The van der Waals surface area contributed by atoms with Gasteiger partial charge in [-0.1, -0.05) is 5.16 Å². The molecule has 0 bridgehead atoms. The molecular formula is C9H11N5O2. The first-order valence-corrected chi connectivity index (χ1v) is 4.63. The topological polar surface area (TPSA) is 99.0 Å². The molecule has 0 radical (unpaired) electrons. The van der Waals surface area contributed by atoms with Crippen LogP contribution in [0.2, 0.25) is 0 Å². The number of rotatable bonds is 3. The zero-order valence-corrected chi connectivity index (χ0v) is 8.67. The van der Waals surface area contributed by atoms with Gasteiger partial charge in [-0.05, 0) is 0 Å². The van der Waals surface area contributed by atoms with Crippen molar-refractivity contribution in [2.45, 2.75) is 6.54 Å². The van der Waals surface area contributed by atoms with E-state index in [1.807, 2.05) is 0 Å². The third kappa shape index (κ3) is 2.02. The number of nitrogens with one attached hydrogen (secondary N) is 1. The van der Waals surface area contributed by atoms with Gasteiger partial charge >= 0.3 is 0 Å². The normalized spacial score (nSPS) is 10.3. The van der Waals surface area contributed by atoms with Gasteiger partial charge in [0.2, 0.25) is 0 Å². The Morgan fingerprint density at radius 1 is 1.69 bits per heavy atom. The molecule has 3 N–H and O–H groups in total.